The predicted molar refractivity (Wildman–Crippen MR) is 82.1 cm³/mol. The summed E-state index contributed by atoms with van der Waals surface area (Å²) in [5, 5.41) is 21.0. The normalized spacial score (nSPS) is 17.5. The first-order valence-electron chi connectivity index (χ1n) is 6.72. The van der Waals surface area contributed by atoms with Gasteiger partial charge in [0.1, 0.15) is 0 Å². The molecule has 1 aromatic rings. The molecule has 1 atom stereocenters. The fourth-order valence-electron chi connectivity index (χ4n) is 2.13. The van der Waals surface area contributed by atoms with Gasteiger partial charge in [-0.15, -0.1) is 0 Å². The van der Waals surface area contributed by atoms with Crippen molar-refractivity contribution in [3.63, 3.8) is 0 Å². The summed E-state index contributed by atoms with van der Waals surface area (Å²) in [5.41, 5.74) is 0.729. The number of nitrogens with zero attached hydrogens (tertiary/aromatic N) is 1. The third kappa shape index (κ3) is 4.12. The van der Waals surface area contributed by atoms with Crippen molar-refractivity contribution in [2.24, 2.45) is 0 Å². The van der Waals surface area contributed by atoms with Crippen molar-refractivity contribution >= 4 is 29.4 Å². The van der Waals surface area contributed by atoms with Crippen LogP contribution < -0.4 is 10.2 Å². The summed E-state index contributed by atoms with van der Waals surface area (Å²) in [6, 6.07) is 5.92. The van der Waals surface area contributed by atoms with Crippen LogP contribution in [-0.4, -0.2) is 52.9 Å². The summed E-state index contributed by atoms with van der Waals surface area (Å²) in [4.78, 5) is 24.5. The van der Waals surface area contributed by atoms with Gasteiger partial charge < -0.3 is 15.5 Å². The molecule has 1 aliphatic rings. The molecule has 0 saturated carbocycles. The van der Waals surface area contributed by atoms with Crippen LogP contribution in [0.3, 0.4) is 0 Å². The Balaban J connectivity index is 2.09. The van der Waals surface area contributed by atoms with Gasteiger partial charge in [-0.1, -0.05) is 0 Å². The Hall–Kier alpha value is -1.73. The van der Waals surface area contributed by atoms with Crippen molar-refractivity contribution in [2.75, 3.05) is 29.6 Å². The zero-order chi connectivity index (χ0) is 15.2. The number of benzene rings is 1. The van der Waals surface area contributed by atoms with Crippen LogP contribution >= 0.6 is 11.8 Å². The number of carbonyl (C=O) groups is 2. The Bertz CT molecular complexity index is 500. The van der Waals surface area contributed by atoms with Gasteiger partial charge >= 0.3 is 12.0 Å². The molecular formula is C14H18N2O4S. The van der Waals surface area contributed by atoms with Crippen LogP contribution in [0.1, 0.15) is 16.8 Å². The molecule has 0 aromatic heterocycles. The fourth-order valence-corrected chi connectivity index (χ4v) is 3.29. The van der Waals surface area contributed by atoms with Crippen LogP contribution in [0.4, 0.5) is 10.5 Å². The van der Waals surface area contributed by atoms with Crippen molar-refractivity contribution < 1.29 is 19.8 Å². The maximum absolute atomic E-state index is 12.3. The third-order valence-corrected chi connectivity index (χ3v) is 4.41. The number of hydrogen-bond acceptors (Lipinski definition) is 4. The Morgan fingerprint density at radius 1 is 1.33 bits per heavy atom. The molecule has 21 heavy (non-hydrogen) atoms. The van der Waals surface area contributed by atoms with Gasteiger partial charge in [0.15, 0.2) is 0 Å². The first-order chi connectivity index (χ1) is 10.1. The van der Waals surface area contributed by atoms with Crippen LogP contribution in [0.2, 0.25) is 0 Å². The van der Waals surface area contributed by atoms with E-state index in [0.29, 0.717) is 5.69 Å². The highest BCUT2D eigenvalue weighted by molar-refractivity contribution is 7.99. The molecule has 0 bridgehead atoms. The number of anilines is 1. The second kappa shape index (κ2) is 7.33. The minimum Gasteiger partial charge on any atom is -0.478 e. The van der Waals surface area contributed by atoms with E-state index in [1.807, 2.05) is 0 Å². The number of nitrogens with one attached hydrogen (secondary N) is 1. The quantitative estimate of drug-likeness (QED) is 0.765. The standard InChI is InChI=1S/C14H18N2O4S/c17-7-6-16(14(20)15-11-5-8-21-9-11)12-3-1-10(2-4-12)13(18)19/h1-4,11,17H,5-9H2,(H,15,20)(H,18,19). The van der Waals surface area contributed by atoms with Crippen LogP contribution in [0.15, 0.2) is 24.3 Å². The van der Waals surface area contributed by atoms with E-state index in [1.54, 1.807) is 23.9 Å². The Morgan fingerprint density at radius 3 is 2.57 bits per heavy atom. The van der Waals surface area contributed by atoms with Gasteiger partial charge in [-0.2, -0.15) is 11.8 Å². The van der Waals surface area contributed by atoms with E-state index >= 15 is 0 Å². The number of aliphatic hydroxyl groups excluding tert-OH is 1. The number of aromatic carboxylic acids is 1. The molecule has 1 aromatic carbocycles. The number of rotatable bonds is 5. The Morgan fingerprint density at radius 2 is 2.05 bits per heavy atom. The third-order valence-electron chi connectivity index (χ3n) is 3.25. The van der Waals surface area contributed by atoms with E-state index in [0.717, 1.165) is 17.9 Å². The largest absolute Gasteiger partial charge is 0.478 e. The van der Waals surface area contributed by atoms with Gasteiger partial charge in [0.25, 0.3) is 0 Å². The maximum Gasteiger partial charge on any atom is 0.335 e. The number of hydrogen-bond donors (Lipinski definition) is 3. The lowest BCUT2D eigenvalue weighted by atomic mass is 10.2. The van der Waals surface area contributed by atoms with E-state index in [-0.39, 0.29) is 30.8 Å². The van der Waals surface area contributed by atoms with E-state index in [1.165, 1.54) is 17.0 Å². The second-order valence-electron chi connectivity index (χ2n) is 4.74. The zero-order valence-corrected chi connectivity index (χ0v) is 12.3. The monoisotopic (exact) mass is 310 g/mol. The molecule has 1 unspecified atom stereocenters. The highest BCUT2D eigenvalue weighted by Gasteiger charge is 2.22. The van der Waals surface area contributed by atoms with Crippen LogP contribution in [0.25, 0.3) is 0 Å². The second-order valence-corrected chi connectivity index (χ2v) is 5.89. The minimum absolute atomic E-state index is 0.155. The topological polar surface area (TPSA) is 89.9 Å². The van der Waals surface area contributed by atoms with Crippen LogP contribution in [-0.2, 0) is 0 Å². The Kier molecular flexibility index (Phi) is 5.46. The van der Waals surface area contributed by atoms with Crippen molar-refractivity contribution in [1.29, 1.82) is 0 Å². The summed E-state index contributed by atoms with van der Waals surface area (Å²) in [6.07, 6.45) is 0.946. The fraction of sp³-hybridized carbons (Fsp3) is 0.429. The molecule has 1 saturated heterocycles. The molecule has 3 N–H and O–H groups in total. The van der Waals surface area contributed by atoms with Gasteiger partial charge in [-0.05, 0) is 36.4 Å². The molecule has 2 rings (SSSR count). The number of amides is 2. The van der Waals surface area contributed by atoms with Gasteiger partial charge in [0.05, 0.1) is 18.7 Å². The smallest absolute Gasteiger partial charge is 0.335 e. The van der Waals surface area contributed by atoms with E-state index in [9.17, 15) is 9.59 Å². The molecule has 1 fully saturated rings. The van der Waals surface area contributed by atoms with Crippen molar-refractivity contribution in [3.8, 4) is 0 Å². The molecule has 0 radical (unpaired) electrons. The van der Waals surface area contributed by atoms with Crippen molar-refractivity contribution in [1.82, 2.24) is 5.32 Å². The van der Waals surface area contributed by atoms with Gasteiger partial charge in [0, 0.05) is 17.5 Å². The summed E-state index contributed by atoms with van der Waals surface area (Å²) in [7, 11) is 0. The van der Waals surface area contributed by atoms with Gasteiger partial charge in [0.2, 0.25) is 0 Å². The van der Waals surface area contributed by atoms with Gasteiger partial charge in [-0.25, -0.2) is 9.59 Å². The summed E-state index contributed by atoms with van der Waals surface area (Å²) in [5.74, 6) is 0.928. The van der Waals surface area contributed by atoms with Crippen LogP contribution in [0.5, 0.6) is 0 Å². The number of thioether (sulfide) groups is 1. The van der Waals surface area contributed by atoms with Crippen molar-refractivity contribution in [3.05, 3.63) is 29.8 Å². The van der Waals surface area contributed by atoms with E-state index < -0.39 is 5.97 Å². The first kappa shape index (κ1) is 15.7. The molecule has 0 aliphatic carbocycles. The first-order valence-corrected chi connectivity index (χ1v) is 7.87. The number of urea groups is 1. The van der Waals surface area contributed by atoms with Crippen LogP contribution in [0, 0.1) is 0 Å². The molecule has 6 nitrogen and oxygen atoms in total. The predicted octanol–water partition coefficient (Wildman–Crippen LogP) is 1.40. The van der Waals surface area contributed by atoms with E-state index in [2.05, 4.69) is 5.32 Å². The summed E-state index contributed by atoms with van der Waals surface area (Å²) in [6.45, 7) is 0.00559. The average Bonchev–Trinajstić information content (AvgIpc) is 2.97. The van der Waals surface area contributed by atoms with E-state index in [4.69, 9.17) is 10.2 Å². The average molecular weight is 310 g/mol. The molecule has 2 amide bonds. The lowest BCUT2D eigenvalue weighted by molar-refractivity contribution is 0.0697. The molecule has 7 heteroatoms. The number of carboxylic acid groups (broad SMARTS) is 1. The molecular weight excluding hydrogens is 292 g/mol. The summed E-state index contributed by atoms with van der Waals surface area (Å²) >= 11 is 1.80. The minimum atomic E-state index is -1.01. The summed E-state index contributed by atoms with van der Waals surface area (Å²) < 4.78 is 0. The Labute approximate surface area is 127 Å². The lowest BCUT2D eigenvalue weighted by Crippen LogP contribution is -2.46. The highest BCUT2D eigenvalue weighted by Crippen LogP contribution is 2.19. The number of carboxylic acids is 1. The SMILES string of the molecule is O=C(O)c1ccc(N(CCO)C(=O)NC2CCSC2)cc1. The maximum atomic E-state index is 12.3. The zero-order valence-electron chi connectivity index (χ0n) is 11.5. The lowest BCUT2D eigenvalue weighted by Gasteiger charge is -2.24. The highest BCUT2D eigenvalue weighted by atomic mass is 32.2. The number of aliphatic hydroxyl groups is 1. The van der Waals surface area contributed by atoms with Crippen molar-refractivity contribution in [2.45, 2.75) is 12.5 Å². The molecule has 114 valence electrons. The molecule has 1 aliphatic heterocycles. The van der Waals surface area contributed by atoms with Gasteiger partial charge in [-0.3, -0.25) is 4.90 Å². The molecule has 0 spiro atoms. The molecule has 1 heterocycles. The number of carbonyl (C=O) groups excluding carboxylic acids is 1.